The van der Waals surface area contributed by atoms with Crippen LogP contribution in [-0.4, -0.2) is 36.4 Å². The van der Waals surface area contributed by atoms with Crippen LogP contribution in [0.5, 0.6) is 11.5 Å². The molecule has 1 unspecified atom stereocenters. The van der Waals surface area contributed by atoms with Crippen molar-refractivity contribution in [3.05, 3.63) is 89.0 Å². The molecular formula is C30H30N2O6. The second kappa shape index (κ2) is 11.2. The standard InChI is InChI=1S/C30H30N2O6/c1-5-15-38-24-14-13-20(16-18(24)2)28(34)26-27(23-11-6-7-12-25(23)37-4)32(30(36)29(26)35)22-10-8-9-21(17-22)31-19(3)33/h6-14,16-17,27,34H,5,15H2,1-4H3,(H,31,33)/b28-26+. The van der Waals surface area contributed by atoms with Crippen molar-refractivity contribution in [3.63, 3.8) is 0 Å². The number of amides is 2. The Morgan fingerprint density at radius 1 is 1.03 bits per heavy atom. The molecule has 2 N–H and O–H groups in total. The van der Waals surface area contributed by atoms with E-state index in [1.165, 1.54) is 18.9 Å². The first kappa shape index (κ1) is 26.5. The molecule has 0 saturated carbocycles. The fourth-order valence-corrected chi connectivity index (χ4v) is 4.55. The van der Waals surface area contributed by atoms with E-state index in [0.717, 1.165) is 12.0 Å². The number of ether oxygens (including phenoxy) is 2. The fourth-order valence-electron chi connectivity index (χ4n) is 4.55. The lowest BCUT2D eigenvalue weighted by Gasteiger charge is -2.27. The summed E-state index contributed by atoms with van der Waals surface area (Å²) in [5.41, 5.74) is 2.48. The summed E-state index contributed by atoms with van der Waals surface area (Å²) in [6.07, 6.45) is 0.854. The van der Waals surface area contributed by atoms with Crippen LogP contribution in [0, 0.1) is 6.92 Å². The number of aryl methyl sites for hydroxylation is 1. The number of aliphatic hydroxyl groups is 1. The average molecular weight is 515 g/mol. The normalized spacial score (nSPS) is 16.4. The summed E-state index contributed by atoms with van der Waals surface area (Å²) in [7, 11) is 1.50. The molecule has 3 aromatic carbocycles. The highest BCUT2D eigenvalue weighted by atomic mass is 16.5. The maximum absolute atomic E-state index is 13.5. The van der Waals surface area contributed by atoms with E-state index in [0.29, 0.717) is 40.6 Å². The Balaban J connectivity index is 1.91. The van der Waals surface area contributed by atoms with E-state index in [1.54, 1.807) is 66.7 Å². The lowest BCUT2D eigenvalue weighted by Crippen LogP contribution is -2.29. The van der Waals surface area contributed by atoms with Crippen LogP contribution in [0.1, 0.15) is 43.0 Å². The first-order valence-electron chi connectivity index (χ1n) is 12.3. The molecule has 0 aliphatic carbocycles. The van der Waals surface area contributed by atoms with Crippen LogP contribution in [0.2, 0.25) is 0 Å². The Kier molecular flexibility index (Phi) is 7.81. The first-order chi connectivity index (χ1) is 18.3. The zero-order valence-electron chi connectivity index (χ0n) is 21.8. The third-order valence-corrected chi connectivity index (χ3v) is 6.23. The maximum atomic E-state index is 13.5. The number of Topliss-reactive ketones (excluding diaryl/α,β-unsaturated/α-hetero) is 1. The van der Waals surface area contributed by atoms with E-state index in [1.807, 2.05) is 13.8 Å². The van der Waals surface area contributed by atoms with Gasteiger partial charge in [-0.1, -0.05) is 31.2 Å². The van der Waals surface area contributed by atoms with E-state index in [2.05, 4.69) is 5.32 Å². The number of hydrogen-bond acceptors (Lipinski definition) is 6. The van der Waals surface area contributed by atoms with Crippen LogP contribution < -0.4 is 19.7 Å². The first-order valence-corrected chi connectivity index (χ1v) is 12.3. The van der Waals surface area contributed by atoms with Gasteiger partial charge < -0.3 is 19.9 Å². The Morgan fingerprint density at radius 3 is 2.47 bits per heavy atom. The molecule has 1 atom stereocenters. The zero-order chi connectivity index (χ0) is 27.4. The number of hydrogen-bond donors (Lipinski definition) is 2. The van der Waals surface area contributed by atoms with Crippen molar-refractivity contribution in [3.8, 4) is 11.5 Å². The molecule has 3 aromatic rings. The Hall–Kier alpha value is -4.59. The molecule has 1 heterocycles. The summed E-state index contributed by atoms with van der Waals surface area (Å²) in [6, 6.07) is 17.8. The molecule has 1 saturated heterocycles. The number of benzene rings is 3. The molecule has 4 rings (SSSR count). The fraction of sp³-hybridized carbons (Fsp3) is 0.233. The molecule has 196 valence electrons. The predicted octanol–water partition coefficient (Wildman–Crippen LogP) is 5.38. The van der Waals surface area contributed by atoms with E-state index in [-0.39, 0.29) is 17.2 Å². The SMILES string of the molecule is CCCOc1ccc(/C(O)=C2\C(=O)C(=O)N(c3cccc(NC(C)=O)c3)C2c2ccccc2OC)cc1C. The summed E-state index contributed by atoms with van der Waals surface area (Å²) in [6.45, 7) is 5.81. The number of nitrogens with zero attached hydrogens (tertiary/aromatic N) is 1. The molecule has 1 aliphatic rings. The van der Waals surface area contributed by atoms with Gasteiger partial charge in [-0.15, -0.1) is 0 Å². The Labute approximate surface area is 221 Å². The van der Waals surface area contributed by atoms with Gasteiger partial charge in [-0.25, -0.2) is 0 Å². The molecule has 2 amide bonds. The summed E-state index contributed by atoms with van der Waals surface area (Å²) >= 11 is 0. The highest BCUT2D eigenvalue weighted by molar-refractivity contribution is 6.51. The number of carbonyl (C=O) groups is 3. The largest absolute Gasteiger partial charge is 0.507 e. The van der Waals surface area contributed by atoms with Crippen LogP contribution in [0.3, 0.4) is 0 Å². The molecule has 8 heteroatoms. The summed E-state index contributed by atoms with van der Waals surface area (Å²) in [5, 5.41) is 14.2. The van der Waals surface area contributed by atoms with Gasteiger partial charge in [0.25, 0.3) is 11.7 Å². The number of rotatable bonds is 8. The van der Waals surface area contributed by atoms with Gasteiger partial charge in [-0.05, 0) is 61.4 Å². The van der Waals surface area contributed by atoms with Crippen molar-refractivity contribution in [2.45, 2.75) is 33.2 Å². The van der Waals surface area contributed by atoms with Crippen molar-refractivity contribution in [2.24, 2.45) is 0 Å². The quantitative estimate of drug-likeness (QED) is 0.238. The highest BCUT2D eigenvalue weighted by Gasteiger charge is 2.48. The zero-order valence-corrected chi connectivity index (χ0v) is 21.8. The molecule has 38 heavy (non-hydrogen) atoms. The molecule has 0 radical (unpaired) electrons. The van der Waals surface area contributed by atoms with Crippen LogP contribution in [-0.2, 0) is 14.4 Å². The summed E-state index contributed by atoms with van der Waals surface area (Å²) in [4.78, 5) is 39.9. The van der Waals surface area contributed by atoms with Gasteiger partial charge in [0.1, 0.15) is 17.3 Å². The van der Waals surface area contributed by atoms with Crippen LogP contribution in [0.4, 0.5) is 11.4 Å². The molecule has 0 spiro atoms. The number of methoxy groups -OCH3 is 1. The number of carbonyl (C=O) groups excluding carboxylic acids is 3. The minimum atomic E-state index is -0.977. The van der Waals surface area contributed by atoms with Crippen molar-refractivity contribution in [1.82, 2.24) is 0 Å². The van der Waals surface area contributed by atoms with Gasteiger partial charge in [-0.3, -0.25) is 19.3 Å². The Morgan fingerprint density at radius 2 is 1.79 bits per heavy atom. The second-order valence-corrected chi connectivity index (χ2v) is 8.97. The van der Waals surface area contributed by atoms with Crippen LogP contribution in [0.15, 0.2) is 72.3 Å². The van der Waals surface area contributed by atoms with Crippen LogP contribution in [0.25, 0.3) is 5.76 Å². The average Bonchev–Trinajstić information content (AvgIpc) is 3.17. The topological polar surface area (TPSA) is 105 Å². The number of nitrogens with one attached hydrogen (secondary N) is 1. The lowest BCUT2D eigenvalue weighted by molar-refractivity contribution is -0.132. The van der Waals surface area contributed by atoms with Gasteiger partial charge in [0.05, 0.1) is 25.3 Å². The van der Waals surface area contributed by atoms with Gasteiger partial charge in [0.2, 0.25) is 5.91 Å². The molecule has 0 aromatic heterocycles. The number of para-hydroxylation sites is 1. The van der Waals surface area contributed by atoms with Crippen molar-refractivity contribution < 1.29 is 29.0 Å². The minimum absolute atomic E-state index is 0.0638. The highest BCUT2D eigenvalue weighted by Crippen LogP contribution is 2.45. The van der Waals surface area contributed by atoms with Crippen LogP contribution >= 0.6 is 0 Å². The summed E-state index contributed by atoms with van der Waals surface area (Å²) in [5.74, 6) is -1.07. The lowest BCUT2D eigenvalue weighted by atomic mass is 9.94. The van der Waals surface area contributed by atoms with E-state index < -0.39 is 17.7 Å². The Bertz CT molecular complexity index is 1430. The van der Waals surface area contributed by atoms with E-state index >= 15 is 0 Å². The predicted molar refractivity (Wildman–Crippen MR) is 145 cm³/mol. The monoisotopic (exact) mass is 514 g/mol. The number of anilines is 2. The number of aliphatic hydroxyl groups excluding tert-OH is 1. The van der Waals surface area contributed by atoms with Gasteiger partial charge in [0.15, 0.2) is 0 Å². The smallest absolute Gasteiger partial charge is 0.300 e. The summed E-state index contributed by atoms with van der Waals surface area (Å²) < 4.78 is 11.3. The third-order valence-electron chi connectivity index (χ3n) is 6.23. The van der Waals surface area contributed by atoms with E-state index in [9.17, 15) is 19.5 Å². The minimum Gasteiger partial charge on any atom is -0.507 e. The molecule has 1 aliphatic heterocycles. The molecule has 8 nitrogen and oxygen atoms in total. The second-order valence-electron chi connectivity index (χ2n) is 8.97. The van der Waals surface area contributed by atoms with Crippen molar-refractivity contribution in [1.29, 1.82) is 0 Å². The van der Waals surface area contributed by atoms with Crippen molar-refractivity contribution in [2.75, 3.05) is 23.9 Å². The van der Waals surface area contributed by atoms with Gasteiger partial charge in [-0.2, -0.15) is 0 Å². The van der Waals surface area contributed by atoms with E-state index in [4.69, 9.17) is 9.47 Å². The van der Waals surface area contributed by atoms with Crippen molar-refractivity contribution >= 4 is 34.7 Å². The molecular weight excluding hydrogens is 484 g/mol. The van der Waals surface area contributed by atoms with Gasteiger partial charge in [0, 0.05) is 29.4 Å². The maximum Gasteiger partial charge on any atom is 0.300 e. The number of ketones is 1. The van der Waals surface area contributed by atoms with Gasteiger partial charge >= 0.3 is 0 Å². The third kappa shape index (κ3) is 5.11. The molecule has 1 fully saturated rings. The molecule has 0 bridgehead atoms.